The summed E-state index contributed by atoms with van der Waals surface area (Å²) in [5.74, 6) is 1.30. The highest BCUT2D eigenvalue weighted by molar-refractivity contribution is 6.11. The number of rotatable bonds is 20. The summed E-state index contributed by atoms with van der Waals surface area (Å²) in [6, 6.07) is 15.6. The van der Waals surface area contributed by atoms with Crippen LogP contribution in [0.3, 0.4) is 0 Å². The van der Waals surface area contributed by atoms with Crippen LogP contribution in [0, 0.1) is 0 Å². The molecule has 0 saturated carbocycles. The predicted octanol–water partition coefficient (Wildman–Crippen LogP) is 6.61. The van der Waals surface area contributed by atoms with Gasteiger partial charge in [0.05, 0.1) is 13.2 Å². The second kappa shape index (κ2) is 19.5. The van der Waals surface area contributed by atoms with E-state index in [4.69, 9.17) is 28.4 Å². The molecule has 2 N–H and O–H groups in total. The van der Waals surface area contributed by atoms with E-state index in [-0.39, 0.29) is 26.4 Å². The van der Waals surface area contributed by atoms with Crippen LogP contribution < -0.4 is 20.1 Å². The van der Waals surface area contributed by atoms with E-state index in [1.165, 1.54) is 0 Å². The van der Waals surface area contributed by atoms with E-state index in [1.807, 2.05) is 62.4 Å². The summed E-state index contributed by atoms with van der Waals surface area (Å²) >= 11 is 0. The Morgan fingerprint density at radius 3 is 1.27 bits per heavy atom. The van der Waals surface area contributed by atoms with Crippen molar-refractivity contribution >= 4 is 33.7 Å². The van der Waals surface area contributed by atoms with Crippen molar-refractivity contribution in [3.05, 3.63) is 48.5 Å². The van der Waals surface area contributed by atoms with Crippen molar-refractivity contribution in [1.82, 2.24) is 10.6 Å². The maximum atomic E-state index is 12.2. The van der Waals surface area contributed by atoms with Crippen LogP contribution in [-0.4, -0.2) is 77.1 Å². The van der Waals surface area contributed by atoms with E-state index in [9.17, 15) is 9.59 Å². The molecular formula is C34H48N2O8. The SMILES string of the molecule is CCCCOCC(COc1c2ccccc2c(OCC(COCCCC)OC(=O)NCC)c2ccccc12)OC(=O)NCC. The zero-order valence-electron chi connectivity index (χ0n) is 26.5. The Bertz CT molecular complexity index is 1150. The van der Waals surface area contributed by atoms with Crippen LogP contribution in [0.15, 0.2) is 48.5 Å². The number of carbonyl (C=O) groups excluding carboxylic acids is 2. The van der Waals surface area contributed by atoms with E-state index in [1.54, 1.807) is 0 Å². The number of amides is 2. The van der Waals surface area contributed by atoms with Crippen LogP contribution in [0.1, 0.15) is 53.4 Å². The highest BCUT2D eigenvalue weighted by Gasteiger charge is 2.22. The van der Waals surface area contributed by atoms with Gasteiger partial charge >= 0.3 is 12.2 Å². The van der Waals surface area contributed by atoms with Crippen LogP contribution in [0.4, 0.5) is 9.59 Å². The first kappa shape index (κ1) is 34.7. The molecule has 242 valence electrons. The van der Waals surface area contributed by atoms with Crippen molar-refractivity contribution < 1.29 is 38.0 Å². The molecule has 0 aliphatic carbocycles. The molecule has 3 rings (SSSR count). The Kier molecular flexibility index (Phi) is 15.4. The third-order valence-electron chi connectivity index (χ3n) is 6.74. The van der Waals surface area contributed by atoms with Crippen LogP contribution in [0.2, 0.25) is 0 Å². The van der Waals surface area contributed by atoms with Gasteiger partial charge in [0.1, 0.15) is 24.7 Å². The van der Waals surface area contributed by atoms with Crippen molar-refractivity contribution in [3.63, 3.8) is 0 Å². The van der Waals surface area contributed by atoms with Crippen LogP contribution in [-0.2, 0) is 18.9 Å². The van der Waals surface area contributed by atoms with Crippen molar-refractivity contribution in [2.45, 2.75) is 65.6 Å². The number of carbonyl (C=O) groups is 2. The molecule has 2 atom stereocenters. The first-order chi connectivity index (χ1) is 21.5. The third-order valence-corrected chi connectivity index (χ3v) is 6.74. The standard InChI is InChI=1S/C34H48N2O8/c1-5-9-19-39-21-25(43-33(37)35-7-3)23-41-31-27-15-11-13-17-29(27)32(30-18-14-12-16-28(30)31)42-24-26(22-40-20-10-6-2)44-34(38)36-8-4/h11-18,25-26H,5-10,19-24H2,1-4H3,(H,35,37)(H,36,38). The number of unbranched alkanes of at least 4 members (excludes halogenated alkanes) is 2. The largest absolute Gasteiger partial charge is 0.488 e. The lowest BCUT2D eigenvalue weighted by Gasteiger charge is -2.23. The molecule has 2 unspecified atom stereocenters. The zero-order valence-corrected chi connectivity index (χ0v) is 26.5. The van der Waals surface area contributed by atoms with Gasteiger partial charge in [-0.2, -0.15) is 0 Å². The summed E-state index contributed by atoms with van der Waals surface area (Å²) in [6.45, 7) is 10.6. The normalized spacial score (nSPS) is 12.5. The average Bonchev–Trinajstić information content (AvgIpc) is 3.02. The molecule has 2 amide bonds. The molecule has 0 aliphatic rings. The molecule has 0 fully saturated rings. The lowest BCUT2D eigenvalue weighted by molar-refractivity contribution is -0.00208. The van der Waals surface area contributed by atoms with E-state index in [0.717, 1.165) is 47.2 Å². The molecule has 0 aliphatic heterocycles. The highest BCUT2D eigenvalue weighted by Crippen LogP contribution is 2.42. The number of ether oxygens (including phenoxy) is 6. The van der Waals surface area contributed by atoms with Crippen LogP contribution in [0.5, 0.6) is 11.5 Å². The molecular weight excluding hydrogens is 564 g/mol. The molecule has 0 heterocycles. The minimum absolute atomic E-state index is 0.106. The van der Waals surface area contributed by atoms with Crippen molar-refractivity contribution in [2.24, 2.45) is 0 Å². The fraction of sp³-hybridized carbons (Fsp3) is 0.529. The van der Waals surface area contributed by atoms with Crippen molar-refractivity contribution in [2.75, 3.05) is 52.7 Å². The van der Waals surface area contributed by atoms with Crippen molar-refractivity contribution in [1.29, 1.82) is 0 Å². The third kappa shape index (κ3) is 10.7. The van der Waals surface area contributed by atoms with Gasteiger partial charge in [-0.05, 0) is 26.7 Å². The first-order valence-corrected chi connectivity index (χ1v) is 15.8. The highest BCUT2D eigenvalue weighted by atomic mass is 16.6. The summed E-state index contributed by atoms with van der Waals surface area (Å²) in [4.78, 5) is 24.5. The molecule has 0 spiro atoms. The molecule has 3 aromatic carbocycles. The fourth-order valence-electron chi connectivity index (χ4n) is 4.54. The smallest absolute Gasteiger partial charge is 0.407 e. The quantitative estimate of drug-likeness (QED) is 0.108. The Morgan fingerprint density at radius 1 is 0.591 bits per heavy atom. The van der Waals surface area contributed by atoms with Gasteiger partial charge in [-0.1, -0.05) is 75.2 Å². The van der Waals surface area contributed by atoms with Gasteiger partial charge in [-0.15, -0.1) is 0 Å². The maximum absolute atomic E-state index is 12.2. The molecule has 0 aromatic heterocycles. The van der Waals surface area contributed by atoms with E-state index in [2.05, 4.69) is 24.5 Å². The van der Waals surface area contributed by atoms with Gasteiger partial charge in [-0.25, -0.2) is 9.59 Å². The Balaban J connectivity index is 1.89. The van der Waals surface area contributed by atoms with E-state index >= 15 is 0 Å². The Hall–Kier alpha value is -3.76. The molecule has 44 heavy (non-hydrogen) atoms. The lowest BCUT2D eigenvalue weighted by atomic mass is 10.0. The van der Waals surface area contributed by atoms with Gasteiger partial charge in [-0.3, -0.25) is 0 Å². The zero-order chi connectivity index (χ0) is 31.6. The molecule has 0 radical (unpaired) electrons. The van der Waals surface area contributed by atoms with E-state index in [0.29, 0.717) is 37.8 Å². The molecule has 10 nitrogen and oxygen atoms in total. The summed E-state index contributed by atoms with van der Waals surface area (Å²) < 4.78 is 35.7. The van der Waals surface area contributed by atoms with Gasteiger partial charge in [0.2, 0.25) is 0 Å². The van der Waals surface area contributed by atoms with Crippen LogP contribution in [0.25, 0.3) is 21.5 Å². The van der Waals surface area contributed by atoms with Crippen LogP contribution >= 0.6 is 0 Å². The fourth-order valence-corrected chi connectivity index (χ4v) is 4.54. The predicted molar refractivity (Wildman–Crippen MR) is 172 cm³/mol. The maximum Gasteiger partial charge on any atom is 0.407 e. The number of hydrogen-bond donors (Lipinski definition) is 2. The first-order valence-electron chi connectivity index (χ1n) is 15.8. The second-order valence-electron chi connectivity index (χ2n) is 10.3. The Labute approximate surface area is 260 Å². The molecule has 3 aromatic rings. The molecule has 0 bridgehead atoms. The van der Waals surface area contributed by atoms with Gasteiger partial charge in [0.25, 0.3) is 0 Å². The summed E-state index contributed by atoms with van der Waals surface area (Å²) in [5, 5.41) is 8.69. The summed E-state index contributed by atoms with van der Waals surface area (Å²) in [6.07, 6.45) is 1.63. The minimum Gasteiger partial charge on any atom is -0.488 e. The summed E-state index contributed by atoms with van der Waals surface area (Å²) in [5.41, 5.74) is 0. The lowest BCUT2D eigenvalue weighted by Crippen LogP contribution is -2.35. The molecule has 10 heteroatoms. The monoisotopic (exact) mass is 612 g/mol. The van der Waals surface area contributed by atoms with Gasteiger partial charge in [0.15, 0.2) is 12.2 Å². The van der Waals surface area contributed by atoms with Gasteiger partial charge < -0.3 is 39.1 Å². The minimum atomic E-state index is -0.605. The second-order valence-corrected chi connectivity index (χ2v) is 10.3. The Morgan fingerprint density at radius 2 is 0.955 bits per heavy atom. The van der Waals surface area contributed by atoms with E-state index < -0.39 is 24.4 Å². The van der Waals surface area contributed by atoms with Crippen molar-refractivity contribution in [3.8, 4) is 11.5 Å². The summed E-state index contributed by atoms with van der Waals surface area (Å²) in [7, 11) is 0. The number of nitrogens with one attached hydrogen (secondary N) is 2. The topological polar surface area (TPSA) is 114 Å². The number of alkyl carbamates (subject to hydrolysis) is 2. The number of fused-ring (bicyclic) bond motifs is 2. The molecule has 0 saturated heterocycles. The average molecular weight is 613 g/mol. The number of hydrogen-bond acceptors (Lipinski definition) is 8. The van der Waals surface area contributed by atoms with Gasteiger partial charge in [0, 0.05) is 47.8 Å². The number of benzene rings is 3.